The van der Waals surface area contributed by atoms with Crippen LogP contribution in [0.5, 0.6) is 5.75 Å². The molecule has 2 aromatic carbocycles. The van der Waals surface area contributed by atoms with Crippen LogP contribution < -0.4 is 15.0 Å². The summed E-state index contributed by atoms with van der Waals surface area (Å²) in [5.74, 6) is -0.358. The molecule has 0 saturated carbocycles. The highest BCUT2D eigenvalue weighted by atomic mass is 19.4. The van der Waals surface area contributed by atoms with Gasteiger partial charge in [-0.15, -0.1) is 0 Å². The predicted octanol–water partition coefficient (Wildman–Crippen LogP) is 3.73. The molecule has 26 heavy (non-hydrogen) atoms. The fourth-order valence-electron chi connectivity index (χ4n) is 2.32. The molecule has 4 nitrogen and oxygen atoms in total. The summed E-state index contributed by atoms with van der Waals surface area (Å²) in [6.45, 7) is 0.899. The molecule has 1 N–H and O–H groups in total. The molecular weight excluding hydrogens is 345 g/mol. The highest BCUT2D eigenvalue weighted by Gasteiger charge is 2.30. The van der Waals surface area contributed by atoms with Gasteiger partial charge in [0, 0.05) is 25.8 Å². The van der Waals surface area contributed by atoms with Crippen molar-refractivity contribution < 1.29 is 22.7 Å². The van der Waals surface area contributed by atoms with Crippen LogP contribution >= 0.6 is 0 Å². The van der Waals surface area contributed by atoms with Crippen LogP contribution in [0, 0.1) is 0 Å². The summed E-state index contributed by atoms with van der Waals surface area (Å²) >= 11 is 0. The van der Waals surface area contributed by atoms with Crippen LogP contribution in [0.1, 0.15) is 12.0 Å². The molecule has 0 bridgehead atoms. The zero-order chi connectivity index (χ0) is 19.0. The molecule has 140 valence electrons. The molecule has 0 aliphatic heterocycles. The predicted molar refractivity (Wildman–Crippen MR) is 94.3 cm³/mol. The molecular formula is C19H21F3N2O2. The Morgan fingerprint density at radius 1 is 1.12 bits per heavy atom. The Kier molecular flexibility index (Phi) is 6.89. The number of halogens is 3. The number of nitrogens with zero attached hydrogens (tertiary/aromatic N) is 1. The molecule has 0 radical (unpaired) electrons. The second kappa shape index (κ2) is 9.12. The van der Waals surface area contributed by atoms with Gasteiger partial charge in [0.1, 0.15) is 5.75 Å². The zero-order valence-electron chi connectivity index (χ0n) is 14.4. The van der Waals surface area contributed by atoms with Crippen LogP contribution in [0.4, 0.5) is 18.9 Å². The molecule has 1 amide bonds. The largest absolute Gasteiger partial charge is 0.484 e. The number of carbonyl (C=O) groups excluding carboxylic acids is 1. The second-order valence-corrected chi connectivity index (χ2v) is 5.77. The molecule has 0 spiro atoms. The molecule has 0 aliphatic rings. The minimum atomic E-state index is -4.44. The van der Waals surface area contributed by atoms with E-state index in [0.29, 0.717) is 6.54 Å². The number of anilines is 1. The summed E-state index contributed by atoms with van der Waals surface area (Å²) in [6.07, 6.45) is -3.70. The summed E-state index contributed by atoms with van der Waals surface area (Å²) in [6, 6.07) is 14.3. The van der Waals surface area contributed by atoms with Gasteiger partial charge in [0.15, 0.2) is 6.61 Å². The van der Waals surface area contributed by atoms with Crippen molar-refractivity contribution in [2.75, 3.05) is 31.6 Å². The monoisotopic (exact) mass is 366 g/mol. The van der Waals surface area contributed by atoms with E-state index >= 15 is 0 Å². The lowest BCUT2D eigenvalue weighted by Gasteiger charge is -2.19. The molecule has 0 fully saturated rings. The third kappa shape index (κ3) is 6.31. The molecule has 0 unspecified atom stereocenters. The van der Waals surface area contributed by atoms with Crippen LogP contribution in [0.25, 0.3) is 0 Å². The molecule has 2 rings (SSSR count). The van der Waals surface area contributed by atoms with E-state index in [1.165, 1.54) is 12.1 Å². The van der Waals surface area contributed by atoms with Gasteiger partial charge in [-0.1, -0.05) is 24.3 Å². The maximum atomic E-state index is 12.6. The lowest BCUT2D eigenvalue weighted by molar-refractivity contribution is -0.137. The summed E-state index contributed by atoms with van der Waals surface area (Å²) in [7, 11) is 1.97. The van der Waals surface area contributed by atoms with Crippen LogP contribution in [0.2, 0.25) is 0 Å². The maximum absolute atomic E-state index is 12.6. The third-order valence-corrected chi connectivity index (χ3v) is 3.72. The highest BCUT2D eigenvalue weighted by Crippen LogP contribution is 2.31. The minimum absolute atomic E-state index is 0.0128. The fraction of sp³-hybridized carbons (Fsp3) is 0.316. The number of para-hydroxylation sites is 1. The Balaban J connectivity index is 1.68. The van der Waals surface area contributed by atoms with E-state index in [1.807, 2.05) is 37.4 Å². The Morgan fingerprint density at radius 2 is 1.85 bits per heavy atom. The van der Waals surface area contributed by atoms with Gasteiger partial charge in [0.05, 0.1) is 5.56 Å². The van der Waals surface area contributed by atoms with Crippen molar-refractivity contribution in [1.29, 1.82) is 0 Å². The number of rotatable bonds is 8. The summed E-state index contributed by atoms with van der Waals surface area (Å²) in [5, 5.41) is 2.69. The Labute approximate surface area is 150 Å². The minimum Gasteiger partial charge on any atom is -0.484 e. The van der Waals surface area contributed by atoms with Gasteiger partial charge in [-0.3, -0.25) is 4.79 Å². The van der Waals surface area contributed by atoms with Crippen LogP contribution in [0.3, 0.4) is 0 Å². The van der Waals surface area contributed by atoms with Crippen molar-refractivity contribution in [2.24, 2.45) is 0 Å². The average Bonchev–Trinajstić information content (AvgIpc) is 2.63. The number of hydrogen-bond acceptors (Lipinski definition) is 3. The molecule has 0 aromatic heterocycles. The number of ether oxygens (including phenoxy) is 1. The standard InChI is InChI=1S/C19H21F3N2O2/c1-24(16-8-3-2-4-9-16)12-6-11-23-18(25)14-26-17-10-5-7-15(13-17)19(20,21)22/h2-5,7-10,13H,6,11-12,14H2,1H3,(H,23,25). The Hall–Kier alpha value is -2.70. The van der Waals surface area contributed by atoms with Crippen molar-refractivity contribution in [1.82, 2.24) is 5.32 Å². The lowest BCUT2D eigenvalue weighted by Crippen LogP contribution is -2.31. The van der Waals surface area contributed by atoms with Gasteiger partial charge >= 0.3 is 6.18 Å². The van der Waals surface area contributed by atoms with Crippen molar-refractivity contribution in [3.8, 4) is 5.75 Å². The van der Waals surface area contributed by atoms with Gasteiger partial charge in [-0.2, -0.15) is 13.2 Å². The van der Waals surface area contributed by atoms with E-state index in [4.69, 9.17) is 4.74 Å². The summed E-state index contributed by atoms with van der Waals surface area (Å²) < 4.78 is 43.0. The first-order valence-electron chi connectivity index (χ1n) is 8.19. The number of hydrogen-bond donors (Lipinski definition) is 1. The van der Waals surface area contributed by atoms with Gasteiger partial charge in [0.25, 0.3) is 5.91 Å². The molecule has 7 heteroatoms. The van der Waals surface area contributed by atoms with Gasteiger partial charge < -0.3 is 15.0 Å². The molecule has 2 aromatic rings. The van der Waals surface area contributed by atoms with E-state index in [1.54, 1.807) is 0 Å². The smallest absolute Gasteiger partial charge is 0.416 e. The van der Waals surface area contributed by atoms with Gasteiger partial charge in [-0.25, -0.2) is 0 Å². The van der Waals surface area contributed by atoms with Crippen LogP contribution in [-0.4, -0.2) is 32.7 Å². The zero-order valence-corrected chi connectivity index (χ0v) is 14.4. The van der Waals surface area contributed by atoms with Gasteiger partial charge in [-0.05, 0) is 36.8 Å². The molecule has 0 aliphatic carbocycles. The SMILES string of the molecule is CN(CCCNC(=O)COc1cccc(C(F)(F)F)c1)c1ccccc1. The lowest BCUT2D eigenvalue weighted by atomic mass is 10.2. The quantitative estimate of drug-likeness (QED) is 0.724. The van der Waals surface area contributed by atoms with Gasteiger partial charge in [0.2, 0.25) is 0 Å². The topological polar surface area (TPSA) is 41.6 Å². The maximum Gasteiger partial charge on any atom is 0.416 e. The molecule has 0 saturated heterocycles. The highest BCUT2D eigenvalue weighted by molar-refractivity contribution is 5.77. The van der Waals surface area contributed by atoms with Crippen molar-refractivity contribution >= 4 is 11.6 Å². The van der Waals surface area contributed by atoms with E-state index in [2.05, 4.69) is 10.2 Å². The van der Waals surface area contributed by atoms with Crippen molar-refractivity contribution in [3.63, 3.8) is 0 Å². The van der Waals surface area contributed by atoms with E-state index < -0.39 is 11.7 Å². The van der Waals surface area contributed by atoms with Crippen LogP contribution in [0.15, 0.2) is 54.6 Å². The first-order chi connectivity index (χ1) is 12.4. The Bertz CT molecular complexity index is 705. The first kappa shape index (κ1) is 19.6. The van der Waals surface area contributed by atoms with E-state index in [0.717, 1.165) is 30.8 Å². The number of nitrogens with one attached hydrogen (secondary N) is 1. The third-order valence-electron chi connectivity index (χ3n) is 3.72. The fourth-order valence-corrected chi connectivity index (χ4v) is 2.32. The van der Waals surface area contributed by atoms with E-state index in [9.17, 15) is 18.0 Å². The number of amides is 1. The molecule has 0 heterocycles. The normalized spacial score (nSPS) is 11.1. The number of carbonyl (C=O) groups is 1. The first-order valence-corrected chi connectivity index (χ1v) is 8.19. The number of benzene rings is 2. The van der Waals surface area contributed by atoms with E-state index in [-0.39, 0.29) is 18.3 Å². The van der Waals surface area contributed by atoms with Crippen molar-refractivity contribution in [3.05, 3.63) is 60.2 Å². The van der Waals surface area contributed by atoms with Crippen LogP contribution in [-0.2, 0) is 11.0 Å². The van der Waals surface area contributed by atoms with Crippen molar-refractivity contribution in [2.45, 2.75) is 12.6 Å². The summed E-state index contributed by atoms with van der Waals surface area (Å²) in [4.78, 5) is 13.8. The number of alkyl halides is 3. The average molecular weight is 366 g/mol. The molecule has 0 atom stereocenters. The Morgan fingerprint density at radius 3 is 2.54 bits per heavy atom. The summed E-state index contributed by atoms with van der Waals surface area (Å²) in [5.41, 5.74) is 0.283. The second-order valence-electron chi connectivity index (χ2n) is 5.77.